The number of ether oxygens (including phenoxy) is 1. The molecule has 2 fully saturated rings. The monoisotopic (exact) mass is 310 g/mol. The molecule has 128 valence electrons. The van der Waals surface area contributed by atoms with Crippen LogP contribution in [0.3, 0.4) is 0 Å². The molecule has 2 aliphatic rings. The first-order valence-electron chi connectivity index (χ1n) is 9.31. The number of hydrogen-bond donors (Lipinski definition) is 1. The molecule has 1 saturated carbocycles. The number of carbonyl (C=O) groups is 1. The average molecular weight is 310 g/mol. The van der Waals surface area contributed by atoms with Gasteiger partial charge in [-0.1, -0.05) is 19.3 Å². The molecule has 0 atom stereocenters. The molecule has 0 spiro atoms. The van der Waals surface area contributed by atoms with E-state index in [9.17, 15) is 4.79 Å². The Balaban J connectivity index is 1.56. The number of rotatable bonds is 8. The molecule has 1 amide bonds. The summed E-state index contributed by atoms with van der Waals surface area (Å²) in [6, 6.07) is 0.458. The van der Waals surface area contributed by atoms with Crippen molar-refractivity contribution in [2.24, 2.45) is 5.92 Å². The molecule has 1 aliphatic heterocycles. The van der Waals surface area contributed by atoms with Crippen LogP contribution in [0.1, 0.15) is 64.2 Å². The highest BCUT2D eigenvalue weighted by molar-refractivity contribution is 5.79. The summed E-state index contributed by atoms with van der Waals surface area (Å²) in [5, 5.41) is 3.30. The van der Waals surface area contributed by atoms with Gasteiger partial charge >= 0.3 is 0 Å². The van der Waals surface area contributed by atoms with Crippen molar-refractivity contribution in [1.29, 1.82) is 0 Å². The van der Waals surface area contributed by atoms with Gasteiger partial charge < -0.3 is 15.0 Å². The van der Waals surface area contributed by atoms with Crippen LogP contribution in [0.4, 0.5) is 0 Å². The number of hydrogen-bond acceptors (Lipinski definition) is 3. The minimum Gasteiger partial charge on any atom is -0.385 e. The van der Waals surface area contributed by atoms with E-state index >= 15 is 0 Å². The van der Waals surface area contributed by atoms with Crippen molar-refractivity contribution in [3.63, 3.8) is 0 Å². The minimum absolute atomic E-state index is 0.256. The van der Waals surface area contributed by atoms with E-state index < -0.39 is 0 Å². The third-order valence-corrected chi connectivity index (χ3v) is 5.23. The molecule has 2 rings (SSSR count). The third kappa shape index (κ3) is 6.25. The highest BCUT2D eigenvalue weighted by atomic mass is 16.5. The van der Waals surface area contributed by atoms with Crippen molar-refractivity contribution in [1.82, 2.24) is 10.2 Å². The zero-order valence-electron chi connectivity index (χ0n) is 14.3. The van der Waals surface area contributed by atoms with Gasteiger partial charge in [0.05, 0.1) is 0 Å². The van der Waals surface area contributed by atoms with E-state index in [2.05, 4.69) is 10.2 Å². The zero-order chi connectivity index (χ0) is 15.6. The second-order valence-corrected chi connectivity index (χ2v) is 7.01. The Morgan fingerprint density at radius 1 is 1.05 bits per heavy atom. The fraction of sp³-hybridized carbons (Fsp3) is 0.944. The summed E-state index contributed by atoms with van der Waals surface area (Å²) in [4.78, 5) is 14.9. The molecular formula is C18H34N2O2. The zero-order valence-corrected chi connectivity index (χ0v) is 14.3. The van der Waals surface area contributed by atoms with E-state index in [4.69, 9.17) is 4.74 Å². The lowest BCUT2D eigenvalue weighted by Gasteiger charge is -2.32. The van der Waals surface area contributed by atoms with Gasteiger partial charge in [-0.05, 0) is 64.6 Å². The van der Waals surface area contributed by atoms with E-state index in [1.54, 1.807) is 7.11 Å². The molecule has 4 heteroatoms. The second kappa shape index (κ2) is 10.2. The number of piperidine rings is 1. The minimum atomic E-state index is 0.256. The largest absolute Gasteiger partial charge is 0.385 e. The molecule has 4 nitrogen and oxygen atoms in total. The number of carbonyl (C=O) groups excluding carboxylic acids is 1. The summed E-state index contributed by atoms with van der Waals surface area (Å²) in [5.41, 5.74) is 0. The van der Waals surface area contributed by atoms with Crippen molar-refractivity contribution in [3.8, 4) is 0 Å². The van der Waals surface area contributed by atoms with Crippen molar-refractivity contribution in [2.75, 3.05) is 33.4 Å². The van der Waals surface area contributed by atoms with Gasteiger partial charge in [-0.3, -0.25) is 4.79 Å². The van der Waals surface area contributed by atoms with E-state index in [-0.39, 0.29) is 5.92 Å². The smallest absolute Gasteiger partial charge is 0.223 e. The van der Waals surface area contributed by atoms with Gasteiger partial charge in [-0.2, -0.15) is 0 Å². The van der Waals surface area contributed by atoms with Crippen LogP contribution in [0.2, 0.25) is 0 Å². The summed E-state index contributed by atoms with van der Waals surface area (Å²) in [7, 11) is 1.77. The molecule has 1 heterocycles. The van der Waals surface area contributed by atoms with E-state index in [1.165, 1.54) is 51.5 Å². The number of likely N-dealkylation sites (tertiary alicyclic amines) is 1. The molecule has 1 saturated heterocycles. The molecular weight excluding hydrogens is 276 g/mol. The number of methoxy groups -OCH3 is 1. The third-order valence-electron chi connectivity index (χ3n) is 5.23. The number of nitrogens with zero attached hydrogens (tertiary/aromatic N) is 1. The Bertz CT molecular complexity index is 308. The summed E-state index contributed by atoms with van der Waals surface area (Å²) >= 11 is 0. The van der Waals surface area contributed by atoms with Crippen molar-refractivity contribution < 1.29 is 9.53 Å². The van der Waals surface area contributed by atoms with Gasteiger partial charge in [0.1, 0.15) is 0 Å². The van der Waals surface area contributed by atoms with Gasteiger partial charge in [0, 0.05) is 25.7 Å². The van der Waals surface area contributed by atoms with Crippen LogP contribution in [-0.4, -0.2) is 50.2 Å². The van der Waals surface area contributed by atoms with Crippen LogP contribution < -0.4 is 5.32 Å². The van der Waals surface area contributed by atoms with Crippen LogP contribution >= 0.6 is 0 Å². The molecule has 0 aromatic rings. The molecule has 0 aromatic heterocycles. The van der Waals surface area contributed by atoms with Crippen molar-refractivity contribution in [2.45, 2.75) is 70.3 Å². The average Bonchev–Trinajstić information content (AvgIpc) is 2.56. The Hall–Kier alpha value is -0.610. The van der Waals surface area contributed by atoms with E-state index in [0.29, 0.717) is 11.9 Å². The maximum Gasteiger partial charge on any atom is 0.223 e. The van der Waals surface area contributed by atoms with Gasteiger partial charge in [-0.15, -0.1) is 0 Å². The topological polar surface area (TPSA) is 41.6 Å². The van der Waals surface area contributed by atoms with Crippen LogP contribution in [0.25, 0.3) is 0 Å². The molecule has 1 N–H and O–H groups in total. The van der Waals surface area contributed by atoms with Gasteiger partial charge in [0.25, 0.3) is 0 Å². The van der Waals surface area contributed by atoms with E-state index in [1.807, 2.05) is 0 Å². The van der Waals surface area contributed by atoms with Crippen molar-refractivity contribution in [3.05, 3.63) is 0 Å². The van der Waals surface area contributed by atoms with E-state index in [0.717, 1.165) is 39.0 Å². The predicted molar refractivity (Wildman–Crippen MR) is 89.9 cm³/mol. The first-order valence-corrected chi connectivity index (χ1v) is 9.31. The molecule has 0 unspecified atom stereocenters. The maximum atomic E-state index is 12.4. The van der Waals surface area contributed by atoms with Gasteiger partial charge in [0.2, 0.25) is 5.91 Å². The van der Waals surface area contributed by atoms with Gasteiger partial charge in [-0.25, -0.2) is 0 Å². The lowest BCUT2D eigenvalue weighted by molar-refractivity contribution is -0.127. The second-order valence-electron chi connectivity index (χ2n) is 7.01. The Morgan fingerprint density at radius 3 is 2.45 bits per heavy atom. The lowest BCUT2D eigenvalue weighted by atomic mass is 9.92. The van der Waals surface area contributed by atoms with Crippen molar-refractivity contribution >= 4 is 5.91 Å². The molecule has 1 aliphatic carbocycles. The molecule has 0 radical (unpaired) electrons. The Labute approximate surface area is 136 Å². The first-order chi connectivity index (χ1) is 10.8. The summed E-state index contributed by atoms with van der Waals surface area (Å²) < 4.78 is 5.08. The number of nitrogens with one attached hydrogen (secondary N) is 1. The molecule has 22 heavy (non-hydrogen) atoms. The summed E-state index contributed by atoms with van der Waals surface area (Å²) in [6.45, 7) is 4.24. The fourth-order valence-corrected chi connectivity index (χ4v) is 3.74. The van der Waals surface area contributed by atoms with Crippen LogP contribution in [-0.2, 0) is 9.53 Å². The summed E-state index contributed by atoms with van der Waals surface area (Å²) in [5.74, 6) is 0.582. The normalized spacial score (nSPS) is 21.9. The SMILES string of the molecule is COCCCCCN1CCC(C(=O)NC2CCCCC2)CC1. The molecule has 0 aromatic carbocycles. The predicted octanol–water partition coefficient (Wildman–Crippen LogP) is 2.96. The van der Waals surface area contributed by atoms with Crippen LogP contribution in [0.15, 0.2) is 0 Å². The fourth-order valence-electron chi connectivity index (χ4n) is 3.74. The quantitative estimate of drug-likeness (QED) is 0.701. The number of amides is 1. The summed E-state index contributed by atoms with van der Waals surface area (Å²) in [6.07, 6.45) is 12.0. The standard InChI is InChI=1S/C18H34N2O2/c1-22-15-7-3-6-12-20-13-10-16(11-14-20)18(21)19-17-8-4-2-5-9-17/h16-17H,2-15H2,1H3,(H,19,21). The van der Waals surface area contributed by atoms with Crippen LogP contribution in [0.5, 0.6) is 0 Å². The number of unbranched alkanes of at least 4 members (excludes halogenated alkanes) is 2. The molecule has 0 bridgehead atoms. The highest BCUT2D eigenvalue weighted by Crippen LogP contribution is 2.21. The maximum absolute atomic E-state index is 12.4. The van der Waals surface area contributed by atoms with Crippen LogP contribution in [0, 0.1) is 5.92 Å². The Morgan fingerprint density at radius 2 is 1.77 bits per heavy atom. The first kappa shape index (κ1) is 17.7. The lowest BCUT2D eigenvalue weighted by Crippen LogP contribution is -2.44. The Kier molecular flexibility index (Phi) is 8.24. The van der Waals surface area contributed by atoms with Gasteiger partial charge in [0.15, 0.2) is 0 Å². The highest BCUT2D eigenvalue weighted by Gasteiger charge is 2.26.